The molecule has 0 saturated carbocycles. The van der Waals surface area contributed by atoms with Crippen molar-refractivity contribution in [1.29, 1.82) is 0 Å². The average Bonchev–Trinajstić information content (AvgIpc) is 2.88. The minimum absolute atomic E-state index is 0.466. The van der Waals surface area contributed by atoms with Gasteiger partial charge in [-0.25, -0.2) is 0 Å². The van der Waals surface area contributed by atoms with Crippen LogP contribution in [-0.2, 0) is 0 Å². The molecular weight excluding hydrogens is 445 g/mol. The lowest BCUT2D eigenvalue weighted by atomic mass is 9.97. The molecule has 0 atom stereocenters. The first-order valence-corrected chi connectivity index (χ1v) is 13.6. The Balaban J connectivity index is 0.000000226. The molecule has 4 aromatic carbocycles. The fourth-order valence-corrected chi connectivity index (χ4v) is 4.93. The maximum atomic E-state index is 9.14. The topological polar surface area (TPSA) is 49.7 Å². The summed E-state index contributed by atoms with van der Waals surface area (Å²) in [4.78, 5) is 0. The molecule has 0 aliphatic rings. The van der Waals surface area contributed by atoms with E-state index < -0.39 is 7.32 Å². The van der Waals surface area contributed by atoms with Gasteiger partial charge in [0.15, 0.2) is 0 Å². The van der Waals surface area contributed by atoms with Gasteiger partial charge in [0.2, 0.25) is 0 Å². The predicted molar refractivity (Wildman–Crippen MR) is 155 cm³/mol. The summed E-state index contributed by atoms with van der Waals surface area (Å²) < 4.78 is 6.47. The number of fused-ring (bicyclic) bond motifs is 4. The van der Waals surface area contributed by atoms with Gasteiger partial charge in [0.25, 0.3) is 0 Å². The maximum Gasteiger partial charge on any atom is 0.707 e. The predicted octanol–water partition coefficient (Wildman–Crippen LogP) is 7.33. The van der Waals surface area contributed by atoms with E-state index in [1.54, 1.807) is 6.07 Å². The quantitative estimate of drug-likeness (QED) is 0.101. The molecule has 0 heterocycles. The summed E-state index contributed by atoms with van der Waals surface area (Å²) in [5, 5.41) is 24.6. The second-order valence-electron chi connectivity index (χ2n) is 10.1. The number of quaternary nitrogens is 1. The molecule has 4 rings (SSSR count). The Hall–Kier alpha value is -2.60. The highest BCUT2D eigenvalue weighted by Gasteiger charge is 2.19. The standard InChI is InChI=1S/C18H13BO3.C13H30N/c20-19(21)22-17-7-3-6-12-8-9-15-10-13-4-1-2-5-14(13)11-16(15)18(12)17;1-5-8-11-14(4,12-9-6-2)13-10-7-3/h1-11,20-21H;5-13H2,1-4H3/q;+1. The van der Waals surface area contributed by atoms with E-state index >= 15 is 0 Å². The lowest BCUT2D eigenvalue weighted by Crippen LogP contribution is -2.46. The summed E-state index contributed by atoms with van der Waals surface area (Å²) in [6, 6.07) is 22.1. The Morgan fingerprint density at radius 1 is 0.667 bits per heavy atom. The zero-order valence-electron chi connectivity index (χ0n) is 22.5. The van der Waals surface area contributed by atoms with Crippen LogP contribution in [0.1, 0.15) is 59.3 Å². The zero-order chi connectivity index (χ0) is 26.0. The molecule has 5 heteroatoms. The smallest absolute Gasteiger partial charge is 0.511 e. The van der Waals surface area contributed by atoms with Crippen LogP contribution in [0.3, 0.4) is 0 Å². The number of unbranched alkanes of at least 4 members (excludes halogenated alkanes) is 3. The molecular formula is C31H43BNO3+. The molecule has 0 bridgehead atoms. The summed E-state index contributed by atoms with van der Waals surface area (Å²) in [5.41, 5.74) is 0. The minimum atomic E-state index is -1.83. The molecule has 36 heavy (non-hydrogen) atoms. The Morgan fingerprint density at radius 3 is 1.75 bits per heavy atom. The van der Waals surface area contributed by atoms with E-state index in [0.717, 1.165) is 26.9 Å². The Morgan fingerprint density at radius 2 is 1.19 bits per heavy atom. The average molecular weight is 489 g/mol. The fraction of sp³-hybridized carbons (Fsp3) is 0.419. The highest BCUT2D eigenvalue weighted by Crippen LogP contribution is 2.35. The van der Waals surface area contributed by atoms with E-state index in [9.17, 15) is 0 Å². The van der Waals surface area contributed by atoms with Crippen LogP contribution in [0.4, 0.5) is 0 Å². The molecule has 0 aliphatic heterocycles. The molecule has 0 amide bonds. The van der Waals surface area contributed by atoms with Crippen LogP contribution in [-0.4, -0.2) is 48.5 Å². The van der Waals surface area contributed by atoms with E-state index in [-0.39, 0.29) is 0 Å². The molecule has 4 nitrogen and oxygen atoms in total. The fourth-order valence-electron chi connectivity index (χ4n) is 4.93. The van der Waals surface area contributed by atoms with Gasteiger partial charge in [0, 0.05) is 5.39 Å². The normalized spacial score (nSPS) is 11.5. The maximum absolute atomic E-state index is 9.14. The first-order valence-electron chi connectivity index (χ1n) is 13.6. The van der Waals surface area contributed by atoms with Crippen molar-refractivity contribution in [2.45, 2.75) is 59.3 Å². The summed E-state index contributed by atoms with van der Waals surface area (Å²) in [6.45, 7) is 11.0. The van der Waals surface area contributed by atoms with E-state index in [0.29, 0.717) is 5.75 Å². The van der Waals surface area contributed by atoms with Gasteiger partial charge >= 0.3 is 7.32 Å². The summed E-state index contributed by atoms with van der Waals surface area (Å²) in [7, 11) is 0.613. The largest absolute Gasteiger partial charge is 0.707 e. The third-order valence-electron chi connectivity index (χ3n) is 7.07. The van der Waals surface area contributed by atoms with Crippen molar-refractivity contribution in [2.24, 2.45) is 0 Å². The Bertz CT molecular complexity index is 1220. The molecule has 0 fully saturated rings. The number of hydrogen-bond acceptors (Lipinski definition) is 3. The van der Waals surface area contributed by atoms with Crippen molar-refractivity contribution in [1.82, 2.24) is 0 Å². The third-order valence-corrected chi connectivity index (χ3v) is 7.07. The van der Waals surface area contributed by atoms with Gasteiger partial charge in [0.1, 0.15) is 5.75 Å². The van der Waals surface area contributed by atoms with Crippen LogP contribution in [0, 0.1) is 0 Å². The van der Waals surface area contributed by atoms with Crippen molar-refractivity contribution < 1.29 is 19.2 Å². The Kier molecular flexibility index (Phi) is 10.6. The molecule has 0 spiro atoms. The van der Waals surface area contributed by atoms with Gasteiger partial charge in [0.05, 0.1) is 26.7 Å². The van der Waals surface area contributed by atoms with Crippen LogP contribution in [0.25, 0.3) is 32.3 Å². The van der Waals surface area contributed by atoms with Crippen LogP contribution in [0.15, 0.2) is 66.7 Å². The number of rotatable bonds is 11. The van der Waals surface area contributed by atoms with Crippen LogP contribution in [0.5, 0.6) is 5.75 Å². The van der Waals surface area contributed by atoms with E-state index in [1.807, 2.05) is 30.3 Å². The van der Waals surface area contributed by atoms with Crippen molar-refractivity contribution in [3.8, 4) is 5.75 Å². The minimum Gasteiger partial charge on any atom is -0.511 e. The van der Waals surface area contributed by atoms with Crippen LogP contribution in [0.2, 0.25) is 0 Å². The molecule has 0 aromatic heterocycles. The second kappa shape index (κ2) is 13.6. The number of nitrogens with zero attached hydrogens (tertiary/aromatic N) is 1. The lowest BCUT2D eigenvalue weighted by molar-refractivity contribution is -0.910. The van der Waals surface area contributed by atoms with E-state index in [1.165, 1.54) is 68.0 Å². The van der Waals surface area contributed by atoms with Gasteiger partial charge < -0.3 is 19.2 Å². The monoisotopic (exact) mass is 488 g/mol. The van der Waals surface area contributed by atoms with Crippen LogP contribution < -0.4 is 4.65 Å². The van der Waals surface area contributed by atoms with Gasteiger partial charge in [-0.05, 0) is 64.4 Å². The SMILES string of the molecule is CCCC[N+](C)(CCCC)CCCC.OB(O)Oc1cccc2ccc3cc4ccccc4cc3c12. The van der Waals surface area contributed by atoms with Gasteiger partial charge in [-0.1, -0.05) is 88.6 Å². The van der Waals surface area contributed by atoms with Gasteiger partial charge in [-0.15, -0.1) is 0 Å². The Labute approximate surface area is 217 Å². The van der Waals surface area contributed by atoms with Crippen molar-refractivity contribution >= 4 is 39.6 Å². The van der Waals surface area contributed by atoms with Crippen molar-refractivity contribution in [2.75, 3.05) is 26.7 Å². The molecule has 0 unspecified atom stereocenters. The third kappa shape index (κ3) is 7.46. The van der Waals surface area contributed by atoms with Crippen molar-refractivity contribution in [3.63, 3.8) is 0 Å². The highest BCUT2D eigenvalue weighted by atomic mass is 16.6. The van der Waals surface area contributed by atoms with Crippen LogP contribution >= 0.6 is 0 Å². The molecule has 2 N–H and O–H groups in total. The number of benzene rings is 4. The first-order chi connectivity index (χ1) is 17.4. The lowest BCUT2D eigenvalue weighted by Gasteiger charge is -2.34. The second-order valence-corrected chi connectivity index (χ2v) is 10.1. The van der Waals surface area contributed by atoms with E-state index in [4.69, 9.17) is 14.7 Å². The zero-order valence-corrected chi connectivity index (χ0v) is 22.5. The first kappa shape index (κ1) is 28.0. The molecule has 192 valence electrons. The summed E-state index contributed by atoms with van der Waals surface area (Å²) in [5.74, 6) is 0.466. The molecule has 0 aliphatic carbocycles. The molecule has 0 saturated heterocycles. The van der Waals surface area contributed by atoms with Gasteiger partial charge in [-0.2, -0.15) is 0 Å². The van der Waals surface area contributed by atoms with Crippen molar-refractivity contribution in [3.05, 3.63) is 66.7 Å². The molecule has 4 aromatic rings. The number of hydrogen-bond donors (Lipinski definition) is 2. The van der Waals surface area contributed by atoms with E-state index in [2.05, 4.69) is 58.2 Å². The summed E-state index contributed by atoms with van der Waals surface area (Å²) in [6.07, 6.45) is 8.20. The van der Waals surface area contributed by atoms with Gasteiger partial charge in [-0.3, -0.25) is 0 Å². The summed E-state index contributed by atoms with van der Waals surface area (Å²) >= 11 is 0. The highest BCUT2D eigenvalue weighted by molar-refractivity contribution is 6.34. The molecule has 0 radical (unpaired) electrons.